The summed E-state index contributed by atoms with van der Waals surface area (Å²) in [5, 5.41) is 17.7. The van der Waals surface area contributed by atoms with Gasteiger partial charge < -0.3 is 9.47 Å². The molecule has 0 radical (unpaired) electrons. The lowest BCUT2D eigenvalue weighted by Gasteiger charge is -2.04. The van der Waals surface area contributed by atoms with Gasteiger partial charge in [0.1, 0.15) is 0 Å². The first-order valence-corrected chi connectivity index (χ1v) is 11.0. The Labute approximate surface area is 192 Å². The number of nitro benzene ring substituents is 1. The molecule has 9 heteroatoms. The highest BCUT2D eigenvalue weighted by Gasteiger charge is 2.13. The summed E-state index contributed by atoms with van der Waals surface area (Å²) in [7, 11) is 0. The first-order chi connectivity index (χ1) is 16.1. The number of aryl methyl sites for hydroxylation is 1. The summed E-state index contributed by atoms with van der Waals surface area (Å²) in [5.74, 6) is 1.38. The van der Waals surface area contributed by atoms with E-state index in [0.717, 1.165) is 28.1 Å². The molecule has 0 atom stereocenters. The van der Waals surface area contributed by atoms with Crippen LogP contribution < -0.4 is 14.3 Å². The number of non-ortho nitro benzene ring substituents is 1. The van der Waals surface area contributed by atoms with Gasteiger partial charge in [-0.2, -0.15) is 5.10 Å². The molecule has 0 saturated heterocycles. The summed E-state index contributed by atoms with van der Waals surface area (Å²) in [5.41, 5.74) is 4.41. The first-order valence-electron chi connectivity index (χ1n) is 10.1. The number of aromatic nitrogens is 1. The van der Waals surface area contributed by atoms with E-state index in [2.05, 4.69) is 5.10 Å². The molecule has 1 aliphatic heterocycles. The quantitative estimate of drug-likeness (QED) is 0.231. The van der Waals surface area contributed by atoms with Crippen molar-refractivity contribution in [1.29, 1.82) is 0 Å². The van der Waals surface area contributed by atoms with Crippen LogP contribution in [0.25, 0.3) is 11.3 Å². The molecule has 0 unspecified atom stereocenters. The summed E-state index contributed by atoms with van der Waals surface area (Å²) in [4.78, 5) is 16.0. The van der Waals surface area contributed by atoms with Crippen LogP contribution in [0.4, 0.5) is 11.4 Å². The van der Waals surface area contributed by atoms with Gasteiger partial charge in [0.2, 0.25) is 11.6 Å². The predicted molar refractivity (Wildman–Crippen MR) is 126 cm³/mol. The van der Waals surface area contributed by atoms with Crippen molar-refractivity contribution in [2.24, 2.45) is 10.1 Å². The Bertz CT molecular complexity index is 1420. The van der Waals surface area contributed by atoms with E-state index in [1.807, 2.05) is 54.8 Å². The van der Waals surface area contributed by atoms with Crippen molar-refractivity contribution in [2.75, 3.05) is 6.79 Å². The van der Waals surface area contributed by atoms with Crippen molar-refractivity contribution < 1.29 is 14.4 Å². The van der Waals surface area contributed by atoms with E-state index >= 15 is 0 Å². The SMILES string of the molecule is Cc1ccc(N=c2scc(-c3ccc([N+](=O)[O-])cc3)n2N=Cc2ccc3c(c2)OCO3)cc1. The molecule has 0 bridgehead atoms. The molecular formula is C24H18N4O4S. The molecule has 5 rings (SSSR count). The van der Waals surface area contributed by atoms with Crippen molar-refractivity contribution in [3.05, 3.63) is 98.2 Å². The number of rotatable bonds is 5. The van der Waals surface area contributed by atoms with Gasteiger partial charge in [-0.3, -0.25) is 10.1 Å². The third-order valence-electron chi connectivity index (χ3n) is 5.04. The third kappa shape index (κ3) is 4.39. The maximum Gasteiger partial charge on any atom is 0.269 e. The maximum atomic E-state index is 11.0. The van der Waals surface area contributed by atoms with Crippen molar-refractivity contribution in [1.82, 2.24) is 4.68 Å². The zero-order valence-electron chi connectivity index (χ0n) is 17.5. The number of nitrogens with zero attached hydrogens (tertiary/aromatic N) is 4. The van der Waals surface area contributed by atoms with Gasteiger partial charge in [-0.1, -0.05) is 17.7 Å². The van der Waals surface area contributed by atoms with E-state index < -0.39 is 4.92 Å². The number of nitro groups is 1. The van der Waals surface area contributed by atoms with Gasteiger partial charge in [0.25, 0.3) is 5.69 Å². The first kappa shape index (κ1) is 20.7. The van der Waals surface area contributed by atoms with Crippen LogP contribution in [-0.4, -0.2) is 22.6 Å². The average Bonchev–Trinajstić information content (AvgIpc) is 3.45. The molecule has 1 aromatic heterocycles. The van der Waals surface area contributed by atoms with Crippen molar-refractivity contribution >= 4 is 28.9 Å². The molecule has 0 fully saturated rings. The lowest BCUT2D eigenvalue weighted by Crippen LogP contribution is -2.11. The van der Waals surface area contributed by atoms with Gasteiger partial charge >= 0.3 is 0 Å². The second-order valence-corrected chi connectivity index (χ2v) is 8.16. The Morgan fingerprint density at radius 2 is 1.79 bits per heavy atom. The topological polar surface area (TPSA) is 91.2 Å². The summed E-state index contributed by atoms with van der Waals surface area (Å²) in [6, 6.07) is 19.9. The lowest BCUT2D eigenvalue weighted by molar-refractivity contribution is -0.384. The summed E-state index contributed by atoms with van der Waals surface area (Å²) in [6.07, 6.45) is 1.72. The van der Waals surface area contributed by atoms with Crippen molar-refractivity contribution in [3.8, 4) is 22.8 Å². The van der Waals surface area contributed by atoms with Crippen LogP contribution in [0.3, 0.4) is 0 Å². The molecule has 0 amide bonds. The van der Waals surface area contributed by atoms with Gasteiger partial charge in [0.15, 0.2) is 11.5 Å². The fourth-order valence-electron chi connectivity index (χ4n) is 3.29. The number of fused-ring (bicyclic) bond motifs is 1. The molecule has 8 nitrogen and oxygen atoms in total. The minimum absolute atomic E-state index is 0.0361. The molecule has 4 aromatic rings. The van der Waals surface area contributed by atoms with Gasteiger partial charge in [0.05, 0.1) is 22.5 Å². The van der Waals surface area contributed by atoms with Gasteiger partial charge in [0, 0.05) is 23.1 Å². The molecule has 1 aliphatic rings. The van der Waals surface area contributed by atoms with Crippen LogP contribution in [0.15, 0.2) is 82.2 Å². The lowest BCUT2D eigenvalue weighted by atomic mass is 10.1. The van der Waals surface area contributed by atoms with E-state index in [4.69, 9.17) is 14.5 Å². The minimum Gasteiger partial charge on any atom is -0.454 e. The largest absolute Gasteiger partial charge is 0.454 e. The Morgan fingerprint density at radius 3 is 2.55 bits per heavy atom. The number of hydrogen-bond acceptors (Lipinski definition) is 7. The molecule has 0 aliphatic carbocycles. The van der Waals surface area contributed by atoms with E-state index in [0.29, 0.717) is 16.3 Å². The molecular weight excluding hydrogens is 440 g/mol. The van der Waals surface area contributed by atoms with Gasteiger partial charge in [-0.15, -0.1) is 11.3 Å². The van der Waals surface area contributed by atoms with Crippen LogP contribution in [0.5, 0.6) is 11.5 Å². The van der Waals surface area contributed by atoms with E-state index in [9.17, 15) is 10.1 Å². The third-order valence-corrected chi connectivity index (χ3v) is 5.85. The second-order valence-electron chi connectivity index (χ2n) is 7.32. The molecule has 0 spiro atoms. The van der Waals surface area contributed by atoms with Crippen LogP contribution in [0.2, 0.25) is 0 Å². The van der Waals surface area contributed by atoms with Crippen LogP contribution in [-0.2, 0) is 0 Å². The van der Waals surface area contributed by atoms with Crippen LogP contribution >= 0.6 is 11.3 Å². The number of benzene rings is 3. The molecule has 164 valence electrons. The van der Waals surface area contributed by atoms with Gasteiger partial charge in [-0.05, 0) is 55.0 Å². The normalized spacial score (nSPS) is 13.1. The predicted octanol–water partition coefficient (Wildman–Crippen LogP) is 5.28. The summed E-state index contributed by atoms with van der Waals surface area (Å²) < 4.78 is 12.6. The summed E-state index contributed by atoms with van der Waals surface area (Å²) >= 11 is 1.44. The number of thiazole rings is 1. The van der Waals surface area contributed by atoms with Crippen LogP contribution in [0.1, 0.15) is 11.1 Å². The highest BCUT2D eigenvalue weighted by atomic mass is 32.1. The molecule has 3 aromatic carbocycles. The molecule has 0 N–H and O–H groups in total. The Hall–Kier alpha value is -4.24. The standard InChI is InChI=1S/C24H18N4O4S/c1-16-2-7-19(8-3-16)26-24-27(25-13-17-4-11-22-23(12-17)32-15-31-22)21(14-33-24)18-5-9-20(10-6-18)28(29)30/h2-14H,15H2,1H3. The number of ether oxygens (including phenoxy) is 2. The molecule has 2 heterocycles. The monoisotopic (exact) mass is 458 g/mol. The average molecular weight is 458 g/mol. The minimum atomic E-state index is -0.415. The number of hydrogen-bond donors (Lipinski definition) is 0. The maximum absolute atomic E-state index is 11.0. The molecule has 33 heavy (non-hydrogen) atoms. The van der Waals surface area contributed by atoms with E-state index in [-0.39, 0.29) is 12.5 Å². The second kappa shape index (κ2) is 8.71. The Morgan fingerprint density at radius 1 is 1.03 bits per heavy atom. The Balaban J connectivity index is 1.58. The van der Waals surface area contributed by atoms with Crippen molar-refractivity contribution in [3.63, 3.8) is 0 Å². The fourth-order valence-corrected chi connectivity index (χ4v) is 4.14. The Kier molecular flexibility index (Phi) is 5.45. The zero-order valence-corrected chi connectivity index (χ0v) is 18.4. The smallest absolute Gasteiger partial charge is 0.269 e. The fraction of sp³-hybridized carbons (Fsp3) is 0.0833. The summed E-state index contributed by atoms with van der Waals surface area (Å²) in [6.45, 7) is 2.23. The highest BCUT2D eigenvalue weighted by Crippen LogP contribution is 2.32. The molecule has 0 saturated carbocycles. The van der Waals surface area contributed by atoms with E-state index in [1.54, 1.807) is 23.0 Å². The zero-order chi connectivity index (χ0) is 22.8. The van der Waals surface area contributed by atoms with Crippen molar-refractivity contribution in [2.45, 2.75) is 6.92 Å². The van der Waals surface area contributed by atoms with E-state index in [1.165, 1.54) is 23.5 Å². The van der Waals surface area contributed by atoms with Gasteiger partial charge in [-0.25, -0.2) is 9.67 Å². The van der Waals surface area contributed by atoms with Crippen LogP contribution in [0, 0.1) is 17.0 Å². The highest BCUT2D eigenvalue weighted by molar-refractivity contribution is 7.07.